The van der Waals surface area contributed by atoms with E-state index in [4.69, 9.17) is 4.74 Å². The Labute approximate surface area is 201 Å². The van der Waals surface area contributed by atoms with Crippen molar-refractivity contribution in [1.29, 1.82) is 0 Å². The van der Waals surface area contributed by atoms with Crippen LogP contribution in [0.3, 0.4) is 0 Å². The molecule has 33 heavy (non-hydrogen) atoms. The number of aliphatic carboxylic acids is 1. The molecular formula is C30H48O3. The quantitative estimate of drug-likeness (QED) is 0.449. The molecule has 1 N–H and O–H groups in total. The third kappa shape index (κ3) is 2.59. The van der Waals surface area contributed by atoms with Crippen molar-refractivity contribution in [2.24, 2.45) is 56.2 Å². The van der Waals surface area contributed by atoms with Gasteiger partial charge in [0.25, 0.3) is 0 Å². The molecule has 0 spiro atoms. The van der Waals surface area contributed by atoms with Gasteiger partial charge in [-0.3, -0.25) is 4.79 Å². The second kappa shape index (κ2) is 6.60. The first-order valence-electron chi connectivity index (χ1n) is 14.2. The molecule has 186 valence electrons. The average Bonchev–Trinajstić information content (AvgIpc) is 2.70. The highest BCUT2D eigenvalue weighted by Gasteiger charge is 2.73. The van der Waals surface area contributed by atoms with Crippen molar-refractivity contribution in [3.8, 4) is 0 Å². The fourth-order valence-electron chi connectivity index (χ4n) is 11.8. The molecule has 0 aromatic rings. The lowest BCUT2D eigenvalue weighted by molar-refractivity contribution is -0.288. The van der Waals surface area contributed by atoms with Gasteiger partial charge in [-0.15, -0.1) is 0 Å². The third-order valence-corrected chi connectivity index (χ3v) is 14.1. The van der Waals surface area contributed by atoms with Gasteiger partial charge in [0, 0.05) is 5.92 Å². The summed E-state index contributed by atoms with van der Waals surface area (Å²) >= 11 is 0. The molecule has 3 nitrogen and oxygen atoms in total. The van der Waals surface area contributed by atoms with Crippen LogP contribution in [0.4, 0.5) is 0 Å². The van der Waals surface area contributed by atoms with Gasteiger partial charge in [-0.25, -0.2) is 0 Å². The second-order valence-electron chi connectivity index (χ2n) is 15.4. The summed E-state index contributed by atoms with van der Waals surface area (Å²) in [6.07, 6.45) is 13.4. The first-order valence-corrected chi connectivity index (χ1v) is 14.2. The molecule has 6 rings (SSSR count). The Kier molecular flexibility index (Phi) is 4.57. The van der Waals surface area contributed by atoms with Crippen LogP contribution < -0.4 is 0 Å². The van der Waals surface area contributed by atoms with E-state index in [2.05, 4.69) is 41.5 Å². The van der Waals surface area contributed by atoms with Crippen LogP contribution in [-0.4, -0.2) is 23.8 Å². The molecule has 5 saturated carbocycles. The number of rotatable bonds is 1. The zero-order valence-electron chi connectivity index (χ0n) is 22.1. The lowest BCUT2D eigenvalue weighted by Gasteiger charge is -2.75. The van der Waals surface area contributed by atoms with Gasteiger partial charge >= 0.3 is 5.97 Å². The van der Waals surface area contributed by atoms with E-state index in [-0.39, 0.29) is 16.2 Å². The molecule has 0 radical (unpaired) electrons. The molecule has 6 aliphatic rings. The van der Waals surface area contributed by atoms with E-state index in [1.807, 2.05) is 0 Å². The van der Waals surface area contributed by atoms with Gasteiger partial charge in [-0.1, -0.05) is 41.5 Å². The maximum Gasteiger partial charge on any atom is 0.309 e. The summed E-state index contributed by atoms with van der Waals surface area (Å²) in [6, 6.07) is 0. The molecule has 5 aliphatic carbocycles. The summed E-state index contributed by atoms with van der Waals surface area (Å²) in [7, 11) is 0. The number of fused-ring (bicyclic) bond motifs is 9. The standard InChI is InChI=1S/C30H48O3/c1-25(2)11-15-30(24(31)32)16-14-28(5)22-9-10-26(3)19-18-33-20(19)7-8-21(26)27(22,4)12-13-29(28,6)23(30)17-25/h19-23H,7-18H2,1-6H3,(H,31,32). The second-order valence-corrected chi connectivity index (χ2v) is 15.4. The molecule has 10 unspecified atom stereocenters. The van der Waals surface area contributed by atoms with Gasteiger partial charge in [0.05, 0.1) is 18.1 Å². The number of carboxylic acid groups (broad SMARTS) is 1. The van der Waals surface area contributed by atoms with E-state index in [1.54, 1.807) is 0 Å². The third-order valence-electron chi connectivity index (χ3n) is 14.1. The van der Waals surface area contributed by atoms with Crippen molar-refractivity contribution in [2.75, 3.05) is 6.61 Å². The van der Waals surface area contributed by atoms with Crippen LogP contribution in [0.5, 0.6) is 0 Å². The maximum atomic E-state index is 12.9. The highest BCUT2D eigenvalue weighted by molar-refractivity contribution is 5.76. The fourth-order valence-corrected chi connectivity index (χ4v) is 11.8. The number of carbonyl (C=O) groups is 1. The predicted octanol–water partition coefficient (Wildman–Crippen LogP) is 7.33. The zero-order chi connectivity index (χ0) is 23.7. The summed E-state index contributed by atoms with van der Waals surface area (Å²) in [5.74, 6) is 2.15. The van der Waals surface area contributed by atoms with Crippen LogP contribution in [0.15, 0.2) is 0 Å². The van der Waals surface area contributed by atoms with Gasteiger partial charge in [-0.05, 0) is 115 Å². The first-order chi connectivity index (χ1) is 15.3. The number of carboxylic acids is 1. The summed E-state index contributed by atoms with van der Waals surface area (Å²) in [4.78, 5) is 12.9. The molecule has 0 bridgehead atoms. The SMILES string of the molecule is CC1(C)CCC2(C(=O)O)CCC3(C)C4CCC5(C)C6COC6CCC5C4(C)CCC3(C)C2C1. The molecule has 1 heterocycles. The van der Waals surface area contributed by atoms with Gasteiger partial charge < -0.3 is 9.84 Å². The van der Waals surface area contributed by atoms with Crippen molar-refractivity contribution in [3.05, 3.63) is 0 Å². The largest absolute Gasteiger partial charge is 0.481 e. The zero-order valence-corrected chi connectivity index (χ0v) is 22.1. The molecule has 0 aromatic carbocycles. The van der Waals surface area contributed by atoms with E-state index in [0.29, 0.717) is 22.9 Å². The smallest absolute Gasteiger partial charge is 0.309 e. The Balaban J connectivity index is 1.40. The van der Waals surface area contributed by atoms with E-state index >= 15 is 0 Å². The molecule has 6 fully saturated rings. The number of ether oxygens (including phenoxy) is 1. The van der Waals surface area contributed by atoms with Crippen LogP contribution in [-0.2, 0) is 9.53 Å². The molecule has 1 saturated heterocycles. The summed E-state index contributed by atoms with van der Waals surface area (Å²) in [6.45, 7) is 16.3. The lowest BCUT2D eigenvalue weighted by atomic mass is 9.30. The van der Waals surface area contributed by atoms with E-state index in [0.717, 1.165) is 56.5 Å². The molecule has 0 aromatic heterocycles. The Bertz CT molecular complexity index is 865. The Morgan fingerprint density at radius 2 is 1.39 bits per heavy atom. The number of hydrogen-bond donors (Lipinski definition) is 1. The summed E-state index contributed by atoms with van der Waals surface area (Å²) < 4.78 is 6.00. The Morgan fingerprint density at radius 3 is 2.06 bits per heavy atom. The van der Waals surface area contributed by atoms with Gasteiger partial charge in [0.1, 0.15) is 0 Å². The minimum absolute atomic E-state index is 0.135. The lowest BCUT2D eigenvalue weighted by Crippen LogP contribution is -2.70. The Morgan fingerprint density at radius 1 is 0.727 bits per heavy atom. The van der Waals surface area contributed by atoms with Crippen molar-refractivity contribution in [2.45, 2.75) is 118 Å². The van der Waals surface area contributed by atoms with Crippen LogP contribution >= 0.6 is 0 Å². The minimum atomic E-state index is -0.487. The molecule has 10 atom stereocenters. The topological polar surface area (TPSA) is 46.5 Å². The van der Waals surface area contributed by atoms with Crippen molar-refractivity contribution in [3.63, 3.8) is 0 Å². The Hall–Kier alpha value is -0.570. The van der Waals surface area contributed by atoms with Crippen LogP contribution in [0, 0.1) is 56.2 Å². The van der Waals surface area contributed by atoms with E-state index in [9.17, 15) is 9.90 Å². The van der Waals surface area contributed by atoms with E-state index in [1.165, 1.54) is 38.5 Å². The number of hydrogen-bond acceptors (Lipinski definition) is 2. The van der Waals surface area contributed by atoms with Crippen molar-refractivity contribution < 1.29 is 14.6 Å². The van der Waals surface area contributed by atoms with Crippen molar-refractivity contribution in [1.82, 2.24) is 0 Å². The molecular weight excluding hydrogens is 408 g/mol. The first kappa shape index (κ1) is 22.9. The minimum Gasteiger partial charge on any atom is -0.481 e. The highest BCUT2D eigenvalue weighted by Crippen LogP contribution is 2.78. The van der Waals surface area contributed by atoms with Gasteiger partial charge in [-0.2, -0.15) is 0 Å². The fraction of sp³-hybridized carbons (Fsp3) is 0.967. The molecule has 0 amide bonds. The summed E-state index contributed by atoms with van der Waals surface area (Å²) in [5, 5.41) is 10.6. The molecule has 1 aliphatic heterocycles. The van der Waals surface area contributed by atoms with Crippen LogP contribution in [0.2, 0.25) is 0 Å². The van der Waals surface area contributed by atoms with Crippen molar-refractivity contribution >= 4 is 5.97 Å². The monoisotopic (exact) mass is 456 g/mol. The van der Waals surface area contributed by atoms with E-state index < -0.39 is 11.4 Å². The normalized spacial score (nSPS) is 59.0. The predicted molar refractivity (Wildman–Crippen MR) is 131 cm³/mol. The maximum absolute atomic E-state index is 12.9. The average molecular weight is 457 g/mol. The van der Waals surface area contributed by atoms with Gasteiger partial charge in [0.2, 0.25) is 0 Å². The van der Waals surface area contributed by atoms with Gasteiger partial charge in [0.15, 0.2) is 0 Å². The summed E-state index contributed by atoms with van der Waals surface area (Å²) in [5.41, 5.74) is 1.01. The molecule has 3 heteroatoms. The van der Waals surface area contributed by atoms with Crippen LogP contribution in [0.25, 0.3) is 0 Å². The van der Waals surface area contributed by atoms with Crippen LogP contribution in [0.1, 0.15) is 112 Å². The highest BCUT2D eigenvalue weighted by atomic mass is 16.5.